The first-order chi connectivity index (χ1) is 43.8. The molecule has 0 aromatic carbocycles. The summed E-state index contributed by atoms with van der Waals surface area (Å²) in [5.74, 6) is -10.1. The number of likely N-dealkylation sites (N-methyl/N-ethyl adjacent to an activating group) is 7. The summed E-state index contributed by atoms with van der Waals surface area (Å²) in [7, 11) is 9.82. The van der Waals surface area contributed by atoms with Crippen molar-refractivity contribution < 1.29 is 67.3 Å². The number of carbonyl (C=O) groups is 11. The molecule has 0 aliphatic carbocycles. The van der Waals surface area contributed by atoms with Crippen LogP contribution in [-0.4, -0.2) is 277 Å². The summed E-state index contributed by atoms with van der Waals surface area (Å²) in [5.41, 5.74) is 0. The number of allylic oxidation sites excluding steroid dienone is 2. The van der Waals surface area contributed by atoms with Crippen molar-refractivity contribution in [2.75, 3.05) is 95.3 Å². The van der Waals surface area contributed by atoms with Crippen molar-refractivity contribution in [1.29, 1.82) is 0 Å². The minimum atomic E-state index is -1.64. The van der Waals surface area contributed by atoms with Crippen LogP contribution in [0.2, 0.25) is 0 Å². The molecule has 13 atom stereocenters. The highest BCUT2D eigenvalue weighted by molar-refractivity contribution is 5.99. The van der Waals surface area contributed by atoms with Gasteiger partial charge in [-0.2, -0.15) is 0 Å². The van der Waals surface area contributed by atoms with Gasteiger partial charge in [-0.3, -0.25) is 57.6 Å². The van der Waals surface area contributed by atoms with E-state index in [1.165, 1.54) is 82.8 Å². The van der Waals surface area contributed by atoms with Gasteiger partial charge in [0.05, 0.1) is 38.6 Å². The van der Waals surface area contributed by atoms with Crippen molar-refractivity contribution in [3.63, 3.8) is 0 Å². The SMILES string of the molecule is C/C=C/C[C@@H](C)[C@@H](O)[C@H]1C(=O)N[C@@H](CC)C(=O)N(C)CC(=O)N(C)[C@@H]([C@@H](C)OC/C=C/CN2CCOCC2)C(=O)N[C@@H](C(C)C)C(=O)N(C)[C@@H](CC(C)C)C(=O)N[C@@H](C)C(=O)N[C@H](C)C(=O)N(C)[C@@H](CC(C)C)C(=O)N(C)[C@@H](CC(C)C)C(=O)N(C)[C@@H](C(C)C)C(=O)N1C. The second-order valence-corrected chi connectivity index (χ2v) is 27.8. The van der Waals surface area contributed by atoms with Gasteiger partial charge >= 0.3 is 0 Å². The topological polar surface area (TPSA) is 300 Å². The maximum Gasteiger partial charge on any atom is 0.246 e. The maximum absolute atomic E-state index is 15.2. The van der Waals surface area contributed by atoms with Gasteiger partial charge in [0.25, 0.3) is 0 Å². The summed E-state index contributed by atoms with van der Waals surface area (Å²) in [6, 6.07) is -12.9. The van der Waals surface area contributed by atoms with E-state index in [4.69, 9.17) is 9.47 Å². The Morgan fingerprint density at radius 1 is 0.521 bits per heavy atom. The molecule has 94 heavy (non-hydrogen) atoms. The number of aliphatic hydroxyl groups is 1. The number of nitrogens with zero attached hydrogens (tertiary/aromatic N) is 8. The van der Waals surface area contributed by atoms with Crippen LogP contribution in [-0.2, 0) is 62.2 Å². The van der Waals surface area contributed by atoms with Crippen molar-refractivity contribution in [1.82, 2.24) is 60.5 Å². The largest absolute Gasteiger partial charge is 0.390 e. The van der Waals surface area contributed by atoms with Crippen molar-refractivity contribution >= 4 is 65.0 Å². The first-order valence-corrected chi connectivity index (χ1v) is 33.7. The average Bonchev–Trinajstić information content (AvgIpc) is 0.810. The Bertz CT molecular complexity index is 2590. The second kappa shape index (κ2) is 39.5. The fourth-order valence-corrected chi connectivity index (χ4v) is 11.8. The molecule has 0 aromatic rings. The number of aliphatic hydroxyl groups excluding tert-OH is 1. The molecule has 0 bridgehead atoms. The highest BCUT2D eigenvalue weighted by Crippen LogP contribution is 2.26. The predicted octanol–water partition coefficient (Wildman–Crippen LogP) is 2.52. The summed E-state index contributed by atoms with van der Waals surface area (Å²) in [6.45, 7) is 30.4. The van der Waals surface area contributed by atoms with Gasteiger partial charge in [0.1, 0.15) is 60.4 Å². The average molecular weight is 1330 g/mol. The molecule has 2 heterocycles. The van der Waals surface area contributed by atoms with Crippen LogP contribution in [0.4, 0.5) is 0 Å². The van der Waals surface area contributed by atoms with E-state index < -0.39 is 162 Å². The Kier molecular flexibility index (Phi) is 35.1. The molecule has 0 unspecified atom stereocenters. The molecule has 26 nitrogen and oxygen atoms in total. The van der Waals surface area contributed by atoms with Gasteiger partial charge in [-0.05, 0) is 95.3 Å². The van der Waals surface area contributed by atoms with Crippen molar-refractivity contribution in [3.05, 3.63) is 24.3 Å². The fraction of sp³-hybridized carbons (Fsp3) is 0.779. The minimum absolute atomic E-state index is 0.00830. The zero-order valence-electron chi connectivity index (χ0n) is 61.0. The fourth-order valence-electron chi connectivity index (χ4n) is 11.8. The molecule has 2 fully saturated rings. The van der Waals surface area contributed by atoms with Crippen LogP contribution in [0.25, 0.3) is 0 Å². The van der Waals surface area contributed by atoms with Crippen LogP contribution in [0, 0.1) is 35.5 Å². The van der Waals surface area contributed by atoms with E-state index in [-0.39, 0.29) is 50.0 Å². The summed E-state index contributed by atoms with van der Waals surface area (Å²) >= 11 is 0. The molecule has 11 amide bonds. The number of nitrogens with one attached hydrogen (secondary N) is 4. The third kappa shape index (κ3) is 24.0. The Balaban J connectivity index is 2.99. The van der Waals surface area contributed by atoms with Crippen molar-refractivity contribution in [2.24, 2.45) is 35.5 Å². The van der Waals surface area contributed by atoms with Gasteiger partial charge in [-0.25, -0.2) is 0 Å². The highest BCUT2D eigenvalue weighted by Gasteiger charge is 2.46. The first-order valence-electron chi connectivity index (χ1n) is 33.7. The second-order valence-electron chi connectivity index (χ2n) is 27.8. The van der Waals surface area contributed by atoms with E-state index in [0.29, 0.717) is 26.2 Å². The Labute approximate surface area is 561 Å². The minimum Gasteiger partial charge on any atom is -0.390 e. The molecular weight excluding hydrogens is 1210 g/mol. The number of amides is 11. The molecule has 2 saturated heterocycles. The quantitative estimate of drug-likeness (QED) is 0.116. The highest BCUT2D eigenvalue weighted by atomic mass is 16.5. The molecule has 0 spiro atoms. The summed E-state index contributed by atoms with van der Waals surface area (Å²) < 4.78 is 11.7. The number of rotatable bonds is 19. The lowest BCUT2D eigenvalue weighted by atomic mass is 9.91. The number of hydrogen-bond donors (Lipinski definition) is 5. The van der Waals surface area contributed by atoms with E-state index in [1.54, 1.807) is 73.6 Å². The number of morpholine rings is 1. The van der Waals surface area contributed by atoms with Gasteiger partial charge < -0.3 is 70.1 Å². The van der Waals surface area contributed by atoms with Crippen molar-refractivity contribution in [2.45, 2.75) is 216 Å². The van der Waals surface area contributed by atoms with Gasteiger partial charge in [0.2, 0.25) is 65.0 Å². The van der Waals surface area contributed by atoms with E-state index >= 15 is 14.4 Å². The molecule has 2 rings (SSSR count). The zero-order chi connectivity index (χ0) is 71.9. The van der Waals surface area contributed by atoms with Gasteiger partial charge in [0.15, 0.2) is 0 Å². The van der Waals surface area contributed by atoms with Crippen LogP contribution < -0.4 is 21.3 Å². The Hall–Kier alpha value is -6.51. The Morgan fingerprint density at radius 3 is 1.52 bits per heavy atom. The summed E-state index contributed by atoms with van der Waals surface area (Å²) in [5, 5.41) is 23.2. The monoisotopic (exact) mass is 1330 g/mol. The lowest BCUT2D eigenvalue weighted by Gasteiger charge is -2.41. The molecule has 0 aromatic heterocycles. The van der Waals surface area contributed by atoms with E-state index in [9.17, 15) is 43.5 Å². The number of hydrogen-bond acceptors (Lipinski definition) is 15. The number of carbonyl (C=O) groups excluding carboxylic acids is 11. The standard InChI is InChI=1S/C68H120N12O14/c1-24-26-29-45(13)58(82)57-62(86)71-49(25-2)64(88)73(17)39-53(81)77(21)56(48(16)94-33-28-27-30-80-31-34-93-35-32-80)61(85)72-54(43(9)10)67(91)74(18)50(36-40(3)4)60(84)69-46(14)59(83)70-47(15)63(87)75(19)51(37-41(5)6)65(89)76(20)52(38-42(7)8)66(90)78(22)55(44(11)12)68(92)79(57)23/h24,26-28,40-52,54-58,82H,25,29-39H2,1-23H3,(H,69,84)(H,70,83)(H,71,86)(H,72,85)/b26-24+,28-27+/t45-,46+,47-,48-,49+,50+,51+,52+,54+,55+,56+,57+,58-/m1/s1. The zero-order valence-corrected chi connectivity index (χ0v) is 61.0. The van der Waals surface area contributed by atoms with Crippen LogP contribution >= 0.6 is 0 Å². The molecule has 26 heteroatoms. The summed E-state index contributed by atoms with van der Waals surface area (Å²) in [4.78, 5) is 173. The van der Waals surface area contributed by atoms with Crippen molar-refractivity contribution in [3.8, 4) is 0 Å². The molecule has 5 N–H and O–H groups in total. The predicted molar refractivity (Wildman–Crippen MR) is 361 cm³/mol. The van der Waals surface area contributed by atoms with Crippen LogP contribution in [0.1, 0.15) is 143 Å². The normalized spacial score (nSPS) is 27.0. The van der Waals surface area contributed by atoms with Crippen LogP contribution in [0.3, 0.4) is 0 Å². The molecule has 0 radical (unpaired) electrons. The first kappa shape index (κ1) is 83.6. The molecular formula is C68H120N12O14. The molecule has 2 aliphatic rings. The maximum atomic E-state index is 15.2. The van der Waals surface area contributed by atoms with Gasteiger partial charge in [0, 0.05) is 69.0 Å². The molecule has 2 aliphatic heterocycles. The van der Waals surface area contributed by atoms with E-state index in [0.717, 1.165) is 27.8 Å². The van der Waals surface area contributed by atoms with Gasteiger partial charge in [-0.15, -0.1) is 0 Å². The number of ether oxygens (including phenoxy) is 2. The Morgan fingerprint density at radius 2 is 1.01 bits per heavy atom. The van der Waals surface area contributed by atoms with E-state index in [1.807, 2.05) is 47.6 Å². The lowest BCUT2D eigenvalue weighted by molar-refractivity contribution is -0.157. The third-order valence-corrected chi connectivity index (χ3v) is 17.8. The molecule has 536 valence electrons. The molecule has 0 saturated carbocycles. The summed E-state index contributed by atoms with van der Waals surface area (Å²) in [6.07, 6.45) is 5.45. The lowest BCUT2D eigenvalue weighted by Crippen LogP contribution is -2.63. The van der Waals surface area contributed by atoms with Crippen LogP contribution in [0.5, 0.6) is 0 Å². The van der Waals surface area contributed by atoms with E-state index in [2.05, 4.69) is 26.2 Å². The van der Waals surface area contributed by atoms with Crippen LogP contribution in [0.15, 0.2) is 24.3 Å². The smallest absolute Gasteiger partial charge is 0.246 e. The van der Waals surface area contributed by atoms with Gasteiger partial charge in [-0.1, -0.05) is 107 Å². The third-order valence-electron chi connectivity index (χ3n) is 17.8.